The molecule has 4 aliphatic rings. The van der Waals surface area contributed by atoms with Gasteiger partial charge in [0.25, 0.3) is 5.79 Å². The van der Waals surface area contributed by atoms with Gasteiger partial charge >= 0.3 is 0 Å². The van der Waals surface area contributed by atoms with Crippen LogP contribution in [0.15, 0.2) is 0 Å². The van der Waals surface area contributed by atoms with E-state index in [1.807, 2.05) is 27.7 Å². The van der Waals surface area contributed by atoms with Crippen molar-refractivity contribution in [1.82, 2.24) is 0 Å². The molecule has 1 aliphatic carbocycles. The van der Waals surface area contributed by atoms with Gasteiger partial charge in [0.15, 0.2) is 11.6 Å². The Balaban J connectivity index is 1.63. The molecule has 2 spiro atoms. The number of hydrogen-bond donors (Lipinski definition) is 0. The quantitative estimate of drug-likeness (QED) is 0.491. The molecule has 0 aromatic heterocycles. The minimum absolute atomic E-state index is 0.0938. The predicted molar refractivity (Wildman–Crippen MR) is 61.8 cm³/mol. The first-order valence-corrected chi connectivity index (χ1v) is 6.80. The van der Waals surface area contributed by atoms with Crippen molar-refractivity contribution in [3.63, 3.8) is 0 Å². The van der Waals surface area contributed by atoms with Crippen LogP contribution in [-0.4, -0.2) is 41.8 Å². The first-order chi connectivity index (χ1) is 8.74. The van der Waals surface area contributed by atoms with Crippen LogP contribution in [0.1, 0.15) is 40.5 Å². The van der Waals surface area contributed by atoms with Crippen molar-refractivity contribution >= 4 is 0 Å². The SMILES string of the molecule is CC1(C)O[C@@H]2[C@@H](C[C@@]3(COC(C)(C)O3)CC23OO3)O1. The van der Waals surface area contributed by atoms with E-state index in [1.165, 1.54) is 0 Å². The Morgan fingerprint density at radius 3 is 2.26 bits per heavy atom. The molecule has 0 amide bonds. The summed E-state index contributed by atoms with van der Waals surface area (Å²) in [6.45, 7) is 8.19. The molecule has 0 N–H and O–H groups in total. The Labute approximate surface area is 112 Å². The molecule has 3 atom stereocenters. The molecule has 0 radical (unpaired) electrons. The third kappa shape index (κ3) is 1.86. The molecule has 4 rings (SSSR count). The molecule has 3 aliphatic heterocycles. The minimum atomic E-state index is -0.722. The Hall–Kier alpha value is -0.240. The van der Waals surface area contributed by atoms with Gasteiger partial charge in [-0.25, -0.2) is 0 Å². The number of fused-ring (bicyclic) bond motifs is 2. The van der Waals surface area contributed by atoms with Crippen LogP contribution in [-0.2, 0) is 28.7 Å². The van der Waals surface area contributed by atoms with Gasteiger partial charge in [0, 0.05) is 12.8 Å². The fourth-order valence-electron chi connectivity index (χ4n) is 3.63. The smallest absolute Gasteiger partial charge is 0.265 e. The number of ether oxygens (including phenoxy) is 4. The summed E-state index contributed by atoms with van der Waals surface area (Å²) in [6, 6.07) is 0. The molecular formula is C13H20O6. The molecular weight excluding hydrogens is 252 g/mol. The summed E-state index contributed by atoms with van der Waals surface area (Å²) in [4.78, 5) is 10.5. The van der Waals surface area contributed by atoms with E-state index in [0.29, 0.717) is 13.0 Å². The minimum Gasteiger partial charge on any atom is -0.347 e. The molecule has 6 nitrogen and oxygen atoms in total. The third-order valence-corrected chi connectivity index (χ3v) is 4.20. The molecule has 108 valence electrons. The van der Waals surface area contributed by atoms with Gasteiger partial charge in [0.05, 0.1) is 12.7 Å². The van der Waals surface area contributed by atoms with Crippen molar-refractivity contribution in [2.24, 2.45) is 0 Å². The van der Waals surface area contributed by atoms with Crippen molar-refractivity contribution in [3.8, 4) is 0 Å². The molecule has 0 aromatic rings. The maximum Gasteiger partial charge on any atom is 0.265 e. The summed E-state index contributed by atoms with van der Waals surface area (Å²) < 4.78 is 23.7. The van der Waals surface area contributed by atoms with Crippen LogP contribution >= 0.6 is 0 Å². The Kier molecular flexibility index (Phi) is 2.18. The molecule has 0 bridgehead atoms. The number of hydrogen-bond acceptors (Lipinski definition) is 6. The number of rotatable bonds is 0. The molecule has 19 heavy (non-hydrogen) atoms. The van der Waals surface area contributed by atoms with Crippen molar-refractivity contribution in [1.29, 1.82) is 0 Å². The van der Waals surface area contributed by atoms with Crippen LogP contribution in [0.2, 0.25) is 0 Å². The predicted octanol–water partition coefficient (Wildman–Crippen LogP) is 1.48. The highest BCUT2D eigenvalue weighted by Crippen LogP contribution is 2.56. The van der Waals surface area contributed by atoms with E-state index < -0.39 is 23.0 Å². The second-order valence-electron chi connectivity index (χ2n) is 6.93. The standard InChI is InChI=1S/C13H20O6/c1-10(2)14-7-12(17-10)5-8-9(13(6-12)18-19-13)16-11(3,4)15-8/h8-9H,5-7H2,1-4H3/t8-,9-,12+/m1/s1. The lowest BCUT2D eigenvalue weighted by molar-refractivity contribution is -0.185. The van der Waals surface area contributed by atoms with E-state index >= 15 is 0 Å². The van der Waals surface area contributed by atoms with E-state index in [9.17, 15) is 0 Å². The van der Waals surface area contributed by atoms with Gasteiger partial charge in [0.2, 0.25) is 0 Å². The second kappa shape index (κ2) is 3.32. The van der Waals surface area contributed by atoms with Crippen LogP contribution in [0.3, 0.4) is 0 Å². The highest BCUT2D eigenvalue weighted by Gasteiger charge is 2.72. The van der Waals surface area contributed by atoms with E-state index in [4.69, 9.17) is 28.7 Å². The van der Waals surface area contributed by atoms with Gasteiger partial charge in [-0.1, -0.05) is 0 Å². The van der Waals surface area contributed by atoms with Crippen molar-refractivity contribution in [2.75, 3.05) is 6.61 Å². The zero-order valence-electron chi connectivity index (χ0n) is 11.7. The van der Waals surface area contributed by atoms with Gasteiger partial charge in [-0.3, -0.25) is 0 Å². The largest absolute Gasteiger partial charge is 0.347 e. The van der Waals surface area contributed by atoms with Crippen LogP contribution < -0.4 is 0 Å². The highest BCUT2D eigenvalue weighted by atomic mass is 17.4. The average molecular weight is 272 g/mol. The van der Waals surface area contributed by atoms with Crippen LogP contribution in [0.25, 0.3) is 0 Å². The second-order valence-corrected chi connectivity index (χ2v) is 6.93. The topological polar surface area (TPSA) is 62.0 Å². The zero-order chi connectivity index (χ0) is 13.5. The Morgan fingerprint density at radius 2 is 1.68 bits per heavy atom. The van der Waals surface area contributed by atoms with E-state index in [-0.39, 0.29) is 12.2 Å². The van der Waals surface area contributed by atoms with Crippen LogP contribution in [0, 0.1) is 0 Å². The van der Waals surface area contributed by atoms with Gasteiger partial charge in [-0.2, -0.15) is 9.78 Å². The summed E-state index contributed by atoms with van der Waals surface area (Å²) in [5.74, 6) is -1.91. The lowest BCUT2D eigenvalue weighted by Crippen LogP contribution is -2.54. The first kappa shape index (κ1) is 12.5. The van der Waals surface area contributed by atoms with Crippen molar-refractivity contribution < 1.29 is 28.7 Å². The summed E-state index contributed by atoms with van der Waals surface area (Å²) in [7, 11) is 0. The van der Waals surface area contributed by atoms with Gasteiger partial charge in [0.1, 0.15) is 11.7 Å². The lowest BCUT2D eigenvalue weighted by Gasteiger charge is -2.38. The fourth-order valence-corrected chi connectivity index (χ4v) is 3.63. The molecule has 6 heteroatoms. The van der Waals surface area contributed by atoms with Gasteiger partial charge in [-0.15, -0.1) is 0 Å². The first-order valence-electron chi connectivity index (χ1n) is 6.80. The monoisotopic (exact) mass is 272 g/mol. The maximum atomic E-state index is 6.11. The molecule has 0 unspecified atom stereocenters. The van der Waals surface area contributed by atoms with Gasteiger partial charge < -0.3 is 18.9 Å². The van der Waals surface area contributed by atoms with Crippen molar-refractivity contribution in [2.45, 2.75) is 75.7 Å². The molecule has 1 saturated carbocycles. The molecule has 0 aromatic carbocycles. The summed E-state index contributed by atoms with van der Waals surface area (Å²) in [6.07, 6.45) is 1.06. The highest BCUT2D eigenvalue weighted by molar-refractivity contribution is 5.09. The Morgan fingerprint density at radius 1 is 0.947 bits per heavy atom. The van der Waals surface area contributed by atoms with Crippen LogP contribution in [0.5, 0.6) is 0 Å². The van der Waals surface area contributed by atoms with Crippen LogP contribution in [0.4, 0.5) is 0 Å². The lowest BCUT2D eigenvalue weighted by atomic mass is 9.78. The van der Waals surface area contributed by atoms with E-state index in [2.05, 4.69) is 0 Å². The summed E-state index contributed by atoms with van der Waals surface area (Å²) in [5.41, 5.74) is -0.412. The fraction of sp³-hybridized carbons (Fsp3) is 1.00. The Bertz CT molecular complexity index is 415. The van der Waals surface area contributed by atoms with Crippen molar-refractivity contribution in [3.05, 3.63) is 0 Å². The molecule has 3 heterocycles. The summed E-state index contributed by atoms with van der Waals surface area (Å²) in [5, 5.41) is 0. The third-order valence-electron chi connectivity index (χ3n) is 4.20. The normalized spacial score (nSPS) is 48.6. The van der Waals surface area contributed by atoms with E-state index in [0.717, 1.165) is 6.42 Å². The summed E-state index contributed by atoms with van der Waals surface area (Å²) >= 11 is 0. The van der Waals surface area contributed by atoms with E-state index in [1.54, 1.807) is 0 Å². The molecule has 3 saturated heterocycles. The van der Waals surface area contributed by atoms with Gasteiger partial charge in [-0.05, 0) is 27.7 Å². The maximum absolute atomic E-state index is 6.11. The average Bonchev–Trinajstić information content (AvgIpc) is 2.84. The zero-order valence-corrected chi connectivity index (χ0v) is 11.7. The molecule has 4 fully saturated rings.